The smallest absolute Gasteiger partial charge is 0.232 e. The number of amides is 1. The molecule has 0 heterocycles. The van der Waals surface area contributed by atoms with E-state index in [1.165, 1.54) is 6.07 Å². The Morgan fingerprint density at radius 3 is 2.36 bits per heavy atom. The molecule has 0 fully saturated rings. The van der Waals surface area contributed by atoms with Gasteiger partial charge in [0.25, 0.3) is 0 Å². The minimum absolute atomic E-state index is 0.0144. The van der Waals surface area contributed by atoms with Crippen molar-refractivity contribution in [1.82, 2.24) is 5.32 Å². The number of hydrogen-bond donors (Lipinski definition) is 1. The van der Waals surface area contributed by atoms with Crippen molar-refractivity contribution in [2.75, 3.05) is 17.1 Å². The van der Waals surface area contributed by atoms with Gasteiger partial charge in [-0.05, 0) is 30.5 Å². The van der Waals surface area contributed by atoms with Gasteiger partial charge in [0, 0.05) is 19.0 Å². The Hall–Kier alpha value is -2.48. The summed E-state index contributed by atoms with van der Waals surface area (Å²) in [4.78, 5) is 12.3. The second kappa shape index (κ2) is 9.64. The average molecular weight is 410 g/mol. The summed E-state index contributed by atoms with van der Waals surface area (Å²) in [6.45, 7) is 1.95. The third kappa shape index (κ3) is 6.02. The first-order chi connectivity index (χ1) is 13.2. The molecule has 1 atom stereocenters. The summed E-state index contributed by atoms with van der Waals surface area (Å²) in [6.07, 6.45) is 2.05. The minimum Gasteiger partial charge on any atom is -0.349 e. The van der Waals surface area contributed by atoms with Gasteiger partial charge in [-0.3, -0.25) is 9.10 Å². The molecule has 1 unspecified atom stereocenters. The minimum atomic E-state index is -3.70. The van der Waals surface area contributed by atoms with Gasteiger partial charge >= 0.3 is 0 Å². The van der Waals surface area contributed by atoms with Crippen LogP contribution in [0.1, 0.15) is 37.8 Å². The van der Waals surface area contributed by atoms with E-state index in [1.807, 2.05) is 37.3 Å². The van der Waals surface area contributed by atoms with E-state index in [9.17, 15) is 22.0 Å². The molecule has 2 rings (SSSR count). The van der Waals surface area contributed by atoms with Crippen LogP contribution in [0.2, 0.25) is 0 Å². The Balaban J connectivity index is 1.98. The van der Waals surface area contributed by atoms with Crippen LogP contribution in [0, 0.1) is 11.6 Å². The Morgan fingerprint density at radius 2 is 1.79 bits per heavy atom. The summed E-state index contributed by atoms with van der Waals surface area (Å²) >= 11 is 0. The maximum atomic E-state index is 13.5. The summed E-state index contributed by atoms with van der Waals surface area (Å²) in [7, 11) is -3.70. The highest BCUT2D eigenvalue weighted by Crippen LogP contribution is 2.21. The molecule has 1 amide bonds. The molecule has 0 saturated carbocycles. The van der Waals surface area contributed by atoms with E-state index in [-0.39, 0.29) is 37.0 Å². The highest BCUT2D eigenvalue weighted by molar-refractivity contribution is 7.92. The summed E-state index contributed by atoms with van der Waals surface area (Å²) in [5, 5.41) is 2.94. The van der Waals surface area contributed by atoms with Crippen LogP contribution < -0.4 is 9.62 Å². The predicted molar refractivity (Wildman–Crippen MR) is 105 cm³/mol. The number of carbonyl (C=O) groups is 1. The van der Waals surface area contributed by atoms with Gasteiger partial charge < -0.3 is 5.32 Å². The van der Waals surface area contributed by atoms with Gasteiger partial charge in [-0.15, -0.1) is 0 Å². The molecule has 0 saturated heterocycles. The Bertz CT molecular complexity index is 905. The van der Waals surface area contributed by atoms with Crippen LogP contribution in [-0.2, 0) is 14.8 Å². The predicted octanol–water partition coefficient (Wildman–Crippen LogP) is 3.78. The molecule has 0 bridgehead atoms. The molecular formula is C20H24F2N2O3S. The lowest BCUT2D eigenvalue weighted by Crippen LogP contribution is -2.33. The number of nitrogens with one attached hydrogen (secondary N) is 1. The van der Waals surface area contributed by atoms with Crippen molar-refractivity contribution in [3.05, 3.63) is 65.7 Å². The van der Waals surface area contributed by atoms with Crippen molar-refractivity contribution in [1.29, 1.82) is 0 Å². The summed E-state index contributed by atoms with van der Waals surface area (Å²) in [5.74, 6) is -2.38. The summed E-state index contributed by atoms with van der Waals surface area (Å²) in [5.41, 5.74) is 1.02. The molecule has 0 spiro atoms. The molecule has 0 aliphatic rings. The molecule has 28 heavy (non-hydrogen) atoms. The molecule has 152 valence electrons. The number of rotatable bonds is 9. The quantitative estimate of drug-likeness (QED) is 0.684. The third-order valence-corrected chi connectivity index (χ3v) is 5.50. The lowest BCUT2D eigenvalue weighted by molar-refractivity contribution is -0.121. The first kappa shape index (κ1) is 21.8. The third-order valence-electron chi connectivity index (χ3n) is 4.30. The molecular weight excluding hydrogens is 386 g/mol. The highest BCUT2D eigenvalue weighted by atomic mass is 32.2. The average Bonchev–Trinajstić information content (AvgIpc) is 2.65. The lowest BCUT2D eigenvalue weighted by Gasteiger charge is -2.23. The number of hydrogen-bond acceptors (Lipinski definition) is 3. The maximum Gasteiger partial charge on any atom is 0.232 e. The van der Waals surface area contributed by atoms with Gasteiger partial charge in [0.05, 0.1) is 18.0 Å². The van der Waals surface area contributed by atoms with Crippen LogP contribution in [0.5, 0.6) is 0 Å². The second-order valence-electron chi connectivity index (χ2n) is 6.48. The monoisotopic (exact) mass is 410 g/mol. The summed E-state index contributed by atoms with van der Waals surface area (Å²) < 4.78 is 51.6. The van der Waals surface area contributed by atoms with E-state index in [0.717, 1.165) is 34.7 Å². The topological polar surface area (TPSA) is 66.5 Å². The van der Waals surface area contributed by atoms with Crippen molar-refractivity contribution in [3.63, 3.8) is 0 Å². The number of halogens is 2. The molecule has 2 aromatic carbocycles. The number of nitrogens with zero attached hydrogens (tertiary/aromatic N) is 1. The Morgan fingerprint density at radius 1 is 1.11 bits per heavy atom. The number of benzene rings is 2. The van der Waals surface area contributed by atoms with Crippen molar-refractivity contribution in [2.24, 2.45) is 0 Å². The van der Waals surface area contributed by atoms with Gasteiger partial charge in [-0.1, -0.05) is 37.3 Å². The summed E-state index contributed by atoms with van der Waals surface area (Å²) in [6, 6.07) is 12.3. The fourth-order valence-corrected chi connectivity index (χ4v) is 3.84. The highest BCUT2D eigenvalue weighted by Gasteiger charge is 2.19. The molecule has 0 aromatic heterocycles. The van der Waals surface area contributed by atoms with Crippen molar-refractivity contribution in [2.45, 2.75) is 32.2 Å². The molecule has 1 N–H and O–H groups in total. The maximum absolute atomic E-state index is 13.5. The van der Waals surface area contributed by atoms with E-state index in [2.05, 4.69) is 5.32 Å². The van der Waals surface area contributed by atoms with Crippen LogP contribution in [0.25, 0.3) is 0 Å². The van der Waals surface area contributed by atoms with Crippen molar-refractivity contribution in [3.8, 4) is 0 Å². The van der Waals surface area contributed by atoms with Crippen LogP contribution in [0.3, 0.4) is 0 Å². The van der Waals surface area contributed by atoms with Crippen molar-refractivity contribution < 1.29 is 22.0 Å². The zero-order valence-electron chi connectivity index (χ0n) is 15.9. The van der Waals surface area contributed by atoms with E-state index in [0.29, 0.717) is 0 Å². The Labute approximate surface area is 164 Å². The molecule has 0 aliphatic carbocycles. The molecule has 0 radical (unpaired) electrons. The largest absolute Gasteiger partial charge is 0.349 e. The molecule has 8 heteroatoms. The van der Waals surface area contributed by atoms with E-state index >= 15 is 0 Å². The Kier molecular flexibility index (Phi) is 7.51. The van der Waals surface area contributed by atoms with Gasteiger partial charge in [0.1, 0.15) is 0 Å². The van der Waals surface area contributed by atoms with Crippen LogP contribution in [-0.4, -0.2) is 27.1 Å². The van der Waals surface area contributed by atoms with Gasteiger partial charge in [0.2, 0.25) is 15.9 Å². The van der Waals surface area contributed by atoms with Crippen LogP contribution in [0.15, 0.2) is 48.5 Å². The first-order valence-electron chi connectivity index (χ1n) is 8.99. The zero-order chi connectivity index (χ0) is 20.7. The fourth-order valence-electron chi connectivity index (χ4n) is 2.88. The van der Waals surface area contributed by atoms with Crippen molar-refractivity contribution >= 4 is 21.6 Å². The number of anilines is 1. The standard InChI is InChI=1S/C20H24F2N2O3S/c1-3-19(15-8-5-4-6-9-15)23-20(25)10-7-13-24(28(2,26)27)16-11-12-17(21)18(22)14-16/h4-6,8-9,11-12,14,19H,3,7,10,13H2,1-2H3,(H,23,25). The van der Waals surface area contributed by atoms with E-state index < -0.39 is 21.7 Å². The molecule has 0 aliphatic heterocycles. The van der Waals surface area contributed by atoms with Crippen LogP contribution >= 0.6 is 0 Å². The number of sulfonamides is 1. The lowest BCUT2D eigenvalue weighted by atomic mass is 10.0. The van der Waals surface area contributed by atoms with Gasteiger partial charge in [0.15, 0.2) is 11.6 Å². The number of carbonyl (C=O) groups excluding carboxylic acids is 1. The first-order valence-corrected chi connectivity index (χ1v) is 10.8. The van der Waals surface area contributed by atoms with Gasteiger partial charge in [-0.2, -0.15) is 0 Å². The molecule has 5 nitrogen and oxygen atoms in total. The van der Waals surface area contributed by atoms with Crippen LogP contribution in [0.4, 0.5) is 14.5 Å². The second-order valence-corrected chi connectivity index (χ2v) is 8.38. The van der Waals surface area contributed by atoms with E-state index in [4.69, 9.17) is 0 Å². The normalized spacial score (nSPS) is 12.4. The fraction of sp³-hybridized carbons (Fsp3) is 0.350. The van der Waals surface area contributed by atoms with E-state index in [1.54, 1.807) is 0 Å². The van der Waals surface area contributed by atoms with Gasteiger partial charge in [-0.25, -0.2) is 17.2 Å². The molecule has 2 aromatic rings. The SMILES string of the molecule is CCC(NC(=O)CCCN(c1ccc(F)c(F)c1)S(C)(=O)=O)c1ccccc1. The zero-order valence-corrected chi connectivity index (χ0v) is 16.7.